The first-order chi connectivity index (χ1) is 8.22. The van der Waals surface area contributed by atoms with Crippen molar-refractivity contribution in [2.45, 2.75) is 6.54 Å². The number of hydrogen-bond acceptors (Lipinski definition) is 3. The van der Waals surface area contributed by atoms with Crippen molar-refractivity contribution in [1.29, 1.82) is 0 Å². The maximum Gasteiger partial charge on any atom is 0.200 e. The molecule has 0 fully saturated rings. The number of anilines is 1. The summed E-state index contributed by atoms with van der Waals surface area (Å²) in [4.78, 5) is 4.12. The van der Waals surface area contributed by atoms with E-state index in [4.69, 9.17) is 22.1 Å². The van der Waals surface area contributed by atoms with Gasteiger partial charge in [-0.25, -0.2) is 4.98 Å². The maximum absolute atomic E-state index is 5.86. The number of nitrogen functional groups attached to an aromatic ring is 1. The van der Waals surface area contributed by atoms with Gasteiger partial charge in [0.15, 0.2) is 0 Å². The Hall–Kier alpha value is -1.52. The Bertz CT molecular complexity index is 493. The lowest BCUT2D eigenvalue weighted by Crippen LogP contribution is -2.09. The largest absolute Gasteiger partial charge is 0.383 e. The van der Waals surface area contributed by atoms with Gasteiger partial charge in [-0.1, -0.05) is 23.7 Å². The lowest BCUT2D eigenvalue weighted by molar-refractivity contribution is 0.188. The summed E-state index contributed by atoms with van der Waals surface area (Å²) in [7, 11) is 1.66. The van der Waals surface area contributed by atoms with Crippen molar-refractivity contribution < 1.29 is 4.74 Å². The molecule has 2 aromatic rings. The summed E-state index contributed by atoms with van der Waals surface area (Å²) in [6, 6.07) is 7.59. The second kappa shape index (κ2) is 5.21. The van der Waals surface area contributed by atoms with Gasteiger partial charge in [0.05, 0.1) is 18.5 Å². The Kier molecular flexibility index (Phi) is 3.66. The zero-order chi connectivity index (χ0) is 12.3. The summed E-state index contributed by atoms with van der Waals surface area (Å²) in [5.41, 5.74) is 7.83. The Morgan fingerprint density at radius 3 is 2.71 bits per heavy atom. The van der Waals surface area contributed by atoms with Crippen molar-refractivity contribution in [2.24, 2.45) is 0 Å². The quantitative estimate of drug-likeness (QED) is 0.908. The smallest absolute Gasteiger partial charge is 0.200 e. The fourth-order valence-corrected chi connectivity index (χ4v) is 1.78. The van der Waals surface area contributed by atoms with Crippen LogP contribution in [0.1, 0.15) is 0 Å². The van der Waals surface area contributed by atoms with Crippen LogP contribution in [0.25, 0.3) is 11.3 Å². The molecular formula is C12H14ClN3O. The maximum atomic E-state index is 5.86. The van der Waals surface area contributed by atoms with Crippen molar-refractivity contribution in [2.75, 3.05) is 19.5 Å². The van der Waals surface area contributed by atoms with E-state index in [2.05, 4.69) is 4.98 Å². The van der Waals surface area contributed by atoms with E-state index in [0.29, 0.717) is 24.1 Å². The predicted octanol–water partition coefficient (Wildman–Crippen LogP) is 2.43. The van der Waals surface area contributed by atoms with Gasteiger partial charge in [-0.15, -0.1) is 0 Å². The molecule has 0 unspecified atom stereocenters. The average molecular weight is 252 g/mol. The molecule has 1 aromatic carbocycles. The molecule has 0 aliphatic heterocycles. The normalized spacial score (nSPS) is 10.7. The monoisotopic (exact) mass is 251 g/mol. The lowest BCUT2D eigenvalue weighted by Gasteiger charge is -2.09. The van der Waals surface area contributed by atoms with Crippen LogP contribution in [-0.4, -0.2) is 23.3 Å². The molecule has 1 heterocycles. The van der Waals surface area contributed by atoms with E-state index in [1.54, 1.807) is 13.3 Å². The molecule has 0 saturated heterocycles. The van der Waals surface area contributed by atoms with Crippen LogP contribution in [0.4, 0.5) is 5.95 Å². The molecule has 2 rings (SSSR count). The predicted molar refractivity (Wildman–Crippen MR) is 69.0 cm³/mol. The minimum atomic E-state index is 0.493. The van der Waals surface area contributed by atoms with Crippen LogP contribution in [-0.2, 0) is 11.3 Å². The molecule has 0 bridgehead atoms. The van der Waals surface area contributed by atoms with E-state index in [9.17, 15) is 0 Å². The third-order valence-corrected chi connectivity index (χ3v) is 2.80. The summed E-state index contributed by atoms with van der Waals surface area (Å²) in [6.07, 6.45) is 1.76. The van der Waals surface area contributed by atoms with Crippen LogP contribution in [0.3, 0.4) is 0 Å². The van der Waals surface area contributed by atoms with Crippen LogP contribution < -0.4 is 5.73 Å². The van der Waals surface area contributed by atoms with Crippen molar-refractivity contribution in [3.63, 3.8) is 0 Å². The topological polar surface area (TPSA) is 53.1 Å². The number of hydrogen-bond donors (Lipinski definition) is 1. The molecule has 0 atom stereocenters. The van der Waals surface area contributed by atoms with Gasteiger partial charge in [0.25, 0.3) is 0 Å². The molecule has 0 radical (unpaired) electrons. The minimum absolute atomic E-state index is 0.493. The second-order valence-electron chi connectivity index (χ2n) is 3.65. The van der Waals surface area contributed by atoms with Gasteiger partial charge in [0.1, 0.15) is 0 Å². The Labute approximate surface area is 105 Å². The van der Waals surface area contributed by atoms with Crippen LogP contribution >= 0.6 is 11.6 Å². The van der Waals surface area contributed by atoms with Gasteiger partial charge in [0, 0.05) is 18.7 Å². The highest BCUT2D eigenvalue weighted by molar-refractivity contribution is 6.30. The molecule has 0 amide bonds. The van der Waals surface area contributed by atoms with E-state index in [-0.39, 0.29) is 0 Å². The van der Waals surface area contributed by atoms with E-state index in [1.807, 2.05) is 28.8 Å². The number of aromatic nitrogens is 2. The van der Waals surface area contributed by atoms with E-state index >= 15 is 0 Å². The fourth-order valence-electron chi connectivity index (χ4n) is 1.66. The fraction of sp³-hybridized carbons (Fsp3) is 0.250. The minimum Gasteiger partial charge on any atom is -0.383 e. The molecule has 0 aliphatic carbocycles. The lowest BCUT2D eigenvalue weighted by atomic mass is 10.2. The summed E-state index contributed by atoms with van der Waals surface area (Å²) in [5, 5.41) is 0.713. The summed E-state index contributed by atoms with van der Waals surface area (Å²) < 4.78 is 6.98. The molecule has 5 heteroatoms. The Morgan fingerprint density at radius 2 is 2.06 bits per heavy atom. The van der Waals surface area contributed by atoms with Crippen molar-refractivity contribution in [1.82, 2.24) is 9.55 Å². The van der Waals surface area contributed by atoms with Gasteiger partial charge < -0.3 is 15.0 Å². The van der Waals surface area contributed by atoms with Crippen LogP contribution in [0.5, 0.6) is 0 Å². The first kappa shape index (κ1) is 12.0. The molecule has 0 spiro atoms. The van der Waals surface area contributed by atoms with Gasteiger partial charge in [-0.2, -0.15) is 0 Å². The number of imidazole rings is 1. The highest BCUT2D eigenvalue weighted by Crippen LogP contribution is 2.23. The van der Waals surface area contributed by atoms with Crippen LogP contribution in [0.2, 0.25) is 5.02 Å². The highest BCUT2D eigenvalue weighted by Gasteiger charge is 2.08. The molecule has 17 heavy (non-hydrogen) atoms. The molecule has 0 saturated carbocycles. The summed E-state index contributed by atoms with van der Waals surface area (Å²) >= 11 is 5.86. The Morgan fingerprint density at radius 1 is 1.35 bits per heavy atom. The zero-order valence-electron chi connectivity index (χ0n) is 9.56. The highest BCUT2D eigenvalue weighted by atomic mass is 35.5. The molecule has 90 valence electrons. The first-order valence-corrected chi connectivity index (χ1v) is 5.66. The van der Waals surface area contributed by atoms with Gasteiger partial charge in [-0.05, 0) is 17.7 Å². The van der Waals surface area contributed by atoms with Crippen molar-refractivity contribution in [3.8, 4) is 11.3 Å². The number of methoxy groups -OCH3 is 1. The third-order valence-electron chi connectivity index (χ3n) is 2.55. The number of ether oxygens (including phenoxy) is 1. The zero-order valence-corrected chi connectivity index (χ0v) is 10.3. The molecule has 0 aliphatic rings. The van der Waals surface area contributed by atoms with Gasteiger partial charge >= 0.3 is 0 Å². The number of nitrogens with zero attached hydrogens (tertiary/aromatic N) is 2. The van der Waals surface area contributed by atoms with Gasteiger partial charge in [0.2, 0.25) is 5.95 Å². The van der Waals surface area contributed by atoms with Gasteiger partial charge in [-0.3, -0.25) is 0 Å². The molecule has 1 aromatic heterocycles. The Balaban J connectivity index is 2.34. The van der Waals surface area contributed by atoms with E-state index in [1.165, 1.54) is 0 Å². The van der Waals surface area contributed by atoms with E-state index < -0.39 is 0 Å². The first-order valence-electron chi connectivity index (χ1n) is 5.28. The number of halogens is 1. The molecular weight excluding hydrogens is 238 g/mol. The summed E-state index contributed by atoms with van der Waals surface area (Å²) in [5.74, 6) is 0.493. The molecule has 2 N–H and O–H groups in total. The van der Waals surface area contributed by atoms with E-state index in [0.717, 1.165) is 11.3 Å². The van der Waals surface area contributed by atoms with Crippen molar-refractivity contribution in [3.05, 3.63) is 35.5 Å². The number of nitrogens with two attached hydrogens (primary N) is 1. The second-order valence-corrected chi connectivity index (χ2v) is 4.09. The third kappa shape index (κ3) is 2.60. The average Bonchev–Trinajstić information content (AvgIpc) is 2.69. The standard InChI is InChI=1S/C12H14ClN3O/c1-17-7-6-16-11(8-15-12(16)14)9-2-4-10(13)5-3-9/h2-5,8H,6-7H2,1H3,(H2,14,15). The van der Waals surface area contributed by atoms with Crippen molar-refractivity contribution >= 4 is 17.5 Å². The number of benzene rings is 1. The van der Waals surface area contributed by atoms with Crippen LogP contribution in [0.15, 0.2) is 30.5 Å². The van der Waals surface area contributed by atoms with Crippen LogP contribution in [0, 0.1) is 0 Å². The summed E-state index contributed by atoms with van der Waals surface area (Å²) in [6.45, 7) is 1.28. The molecule has 4 nitrogen and oxygen atoms in total. The number of rotatable bonds is 4. The SMILES string of the molecule is COCCn1c(-c2ccc(Cl)cc2)cnc1N.